The van der Waals surface area contributed by atoms with Crippen LogP contribution in [0.1, 0.15) is 29.1 Å². The zero-order valence-corrected chi connectivity index (χ0v) is 8.31. The van der Waals surface area contributed by atoms with Gasteiger partial charge in [0.25, 0.3) is 0 Å². The monoisotopic (exact) mass is 198 g/mol. The lowest BCUT2D eigenvalue weighted by Crippen LogP contribution is -1.97. The number of Topliss-reactive ketones (excluding diaryl/α,β-unsaturated/α-hetero) is 1. The molecule has 0 aromatic carbocycles. The number of thiophene rings is 1. The lowest BCUT2D eigenvalue weighted by Gasteiger charge is -1.96. The van der Waals surface area contributed by atoms with E-state index in [4.69, 9.17) is 4.74 Å². The molecule has 70 valence electrons. The van der Waals surface area contributed by atoms with Gasteiger partial charge in [0, 0.05) is 12.5 Å². The van der Waals surface area contributed by atoms with Crippen molar-refractivity contribution < 1.29 is 14.3 Å². The molecule has 0 aliphatic rings. The number of hydrogen-bond donors (Lipinski definition) is 0. The van der Waals surface area contributed by atoms with E-state index in [1.807, 2.05) is 5.38 Å². The highest BCUT2D eigenvalue weighted by atomic mass is 32.1. The van der Waals surface area contributed by atoms with E-state index in [1.54, 1.807) is 6.07 Å². The summed E-state index contributed by atoms with van der Waals surface area (Å²) in [6, 6.07) is 1.75. The van der Waals surface area contributed by atoms with Gasteiger partial charge in [0.05, 0.1) is 4.88 Å². The molecule has 4 heteroatoms. The van der Waals surface area contributed by atoms with E-state index in [2.05, 4.69) is 0 Å². The fourth-order valence-electron chi connectivity index (χ4n) is 0.821. The molecule has 0 atom stereocenters. The average Bonchev–Trinajstić information content (AvgIpc) is 2.48. The highest BCUT2D eigenvalue weighted by Gasteiger charge is 2.04. The lowest BCUT2D eigenvalue weighted by molar-refractivity contribution is -0.142. The Morgan fingerprint density at radius 2 is 2.15 bits per heavy atom. The number of ketones is 1. The molecule has 1 aromatic heterocycles. The third-order valence-electron chi connectivity index (χ3n) is 1.44. The maximum atomic E-state index is 10.9. The number of rotatable bonds is 3. The van der Waals surface area contributed by atoms with E-state index in [-0.39, 0.29) is 18.4 Å². The fourth-order valence-corrected chi connectivity index (χ4v) is 1.62. The molecule has 0 aliphatic heterocycles. The summed E-state index contributed by atoms with van der Waals surface area (Å²) in [5.41, 5.74) is 0.866. The predicted molar refractivity (Wildman–Crippen MR) is 49.8 cm³/mol. The van der Waals surface area contributed by atoms with E-state index in [1.165, 1.54) is 25.2 Å². The molecule has 13 heavy (non-hydrogen) atoms. The summed E-state index contributed by atoms with van der Waals surface area (Å²) in [6.07, 6.45) is 0. The van der Waals surface area contributed by atoms with Gasteiger partial charge in [-0.25, -0.2) is 0 Å². The predicted octanol–water partition coefficient (Wildman–Crippen LogP) is 2.01. The second-order valence-corrected chi connectivity index (χ2v) is 3.57. The molecule has 1 aromatic rings. The first-order valence-corrected chi connectivity index (χ1v) is 4.69. The van der Waals surface area contributed by atoms with Gasteiger partial charge in [-0.15, -0.1) is 11.3 Å². The summed E-state index contributed by atoms with van der Waals surface area (Å²) in [7, 11) is 0. The molecule has 0 saturated carbocycles. The van der Waals surface area contributed by atoms with Crippen molar-refractivity contribution in [3.8, 4) is 0 Å². The Morgan fingerprint density at radius 3 is 2.62 bits per heavy atom. The molecule has 0 spiro atoms. The summed E-state index contributed by atoms with van der Waals surface area (Å²) in [5, 5.41) is 1.82. The number of esters is 1. The molecular weight excluding hydrogens is 188 g/mol. The van der Waals surface area contributed by atoms with E-state index in [0.717, 1.165) is 5.56 Å². The first-order valence-electron chi connectivity index (χ1n) is 3.81. The van der Waals surface area contributed by atoms with Crippen LogP contribution in [0.2, 0.25) is 0 Å². The molecule has 1 rings (SSSR count). The van der Waals surface area contributed by atoms with Gasteiger partial charge in [-0.3, -0.25) is 9.59 Å². The van der Waals surface area contributed by atoms with Crippen LogP contribution in [-0.4, -0.2) is 11.8 Å². The van der Waals surface area contributed by atoms with Gasteiger partial charge in [-0.2, -0.15) is 0 Å². The zero-order valence-electron chi connectivity index (χ0n) is 7.49. The van der Waals surface area contributed by atoms with Crippen LogP contribution in [0.15, 0.2) is 11.4 Å². The molecule has 1 heterocycles. The first kappa shape index (κ1) is 9.92. The van der Waals surface area contributed by atoms with Crippen molar-refractivity contribution in [1.29, 1.82) is 0 Å². The van der Waals surface area contributed by atoms with Crippen LogP contribution in [0.4, 0.5) is 0 Å². The third kappa shape index (κ3) is 2.99. The Kier molecular flexibility index (Phi) is 3.19. The first-order chi connectivity index (χ1) is 6.09. The fraction of sp³-hybridized carbons (Fsp3) is 0.333. The van der Waals surface area contributed by atoms with Gasteiger partial charge in [-0.1, -0.05) is 0 Å². The standard InChI is InChI=1S/C9H10O3S/c1-6(10)9-3-8(5-13-9)4-12-7(2)11/h3,5H,4H2,1-2H3. The van der Waals surface area contributed by atoms with E-state index in [0.29, 0.717) is 4.88 Å². The van der Waals surface area contributed by atoms with Crippen molar-refractivity contribution in [2.45, 2.75) is 20.5 Å². The number of ether oxygens (including phenoxy) is 1. The van der Waals surface area contributed by atoms with Gasteiger partial charge >= 0.3 is 5.97 Å². The molecule has 0 fully saturated rings. The zero-order chi connectivity index (χ0) is 9.84. The molecule has 0 unspecified atom stereocenters. The van der Waals surface area contributed by atoms with Crippen LogP contribution in [0, 0.1) is 0 Å². The second kappa shape index (κ2) is 4.18. The van der Waals surface area contributed by atoms with Crippen LogP contribution in [0.25, 0.3) is 0 Å². The number of hydrogen-bond acceptors (Lipinski definition) is 4. The van der Waals surface area contributed by atoms with Gasteiger partial charge in [0.2, 0.25) is 0 Å². The van der Waals surface area contributed by atoms with Crippen molar-refractivity contribution in [3.05, 3.63) is 21.9 Å². The van der Waals surface area contributed by atoms with Crippen LogP contribution in [0.3, 0.4) is 0 Å². The van der Waals surface area contributed by atoms with Crippen LogP contribution >= 0.6 is 11.3 Å². The molecule has 0 amide bonds. The van der Waals surface area contributed by atoms with Crippen LogP contribution < -0.4 is 0 Å². The van der Waals surface area contributed by atoms with Crippen molar-refractivity contribution >= 4 is 23.1 Å². The Labute approximate surface area is 80.3 Å². The van der Waals surface area contributed by atoms with E-state index >= 15 is 0 Å². The summed E-state index contributed by atoms with van der Waals surface area (Å²) in [6.45, 7) is 3.12. The third-order valence-corrected chi connectivity index (χ3v) is 2.52. The molecular formula is C9H10O3S. The number of carbonyl (C=O) groups excluding carboxylic acids is 2. The van der Waals surface area contributed by atoms with Crippen molar-refractivity contribution in [3.63, 3.8) is 0 Å². The Balaban J connectivity index is 2.59. The molecule has 0 saturated heterocycles. The van der Waals surface area contributed by atoms with Gasteiger partial charge in [0.15, 0.2) is 5.78 Å². The lowest BCUT2D eigenvalue weighted by atomic mass is 10.3. The maximum absolute atomic E-state index is 10.9. The summed E-state index contributed by atoms with van der Waals surface area (Å²) in [5.74, 6) is -0.269. The highest BCUT2D eigenvalue weighted by molar-refractivity contribution is 7.12. The average molecular weight is 198 g/mol. The smallest absolute Gasteiger partial charge is 0.302 e. The Morgan fingerprint density at radius 1 is 1.46 bits per heavy atom. The minimum absolute atomic E-state index is 0.0408. The normalized spacial score (nSPS) is 9.69. The summed E-state index contributed by atoms with van der Waals surface area (Å²) in [4.78, 5) is 22.1. The SMILES string of the molecule is CC(=O)OCc1csc(C(C)=O)c1. The minimum Gasteiger partial charge on any atom is -0.461 e. The quantitative estimate of drug-likeness (QED) is 0.551. The topological polar surface area (TPSA) is 43.4 Å². The highest BCUT2D eigenvalue weighted by Crippen LogP contribution is 2.15. The van der Waals surface area contributed by atoms with Crippen molar-refractivity contribution in [1.82, 2.24) is 0 Å². The van der Waals surface area contributed by atoms with Crippen molar-refractivity contribution in [2.24, 2.45) is 0 Å². The van der Waals surface area contributed by atoms with Crippen LogP contribution in [-0.2, 0) is 16.1 Å². The summed E-state index contributed by atoms with van der Waals surface area (Å²) >= 11 is 1.37. The largest absolute Gasteiger partial charge is 0.461 e. The van der Waals surface area contributed by atoms with Gasteiger partial charge in [0.1, 0.15) is 6.61 Å². The van der Waals surface area contributed by atoms with Gasteiger partial charge < -0.3 is 4.74 Å². The number of carbonyl (C=O) groups is 2. The van der Waals surface area contributed by atoms with Crippen molar-refractivity contribution in [2.75, 3.05) is 0 Å². The van der Waals surface area contributed by atoms with Gasteiger partial charge in [-0.05, 0) is 18.4 Å². The molecule has 3 nitrogen and oxygen atoms in total. The maximum Gasteiger partial charge on any atom is 0.302 e. The molecule has 0 radical (unpaired) electrons. The molecule has 0 bridgehead atoms. The molecule has 0 N–H and O–H groups in total. The summed E-state index contributed by atoms with van der Waals surface area (Å²) < 4.78 is 4.78. The Bertz CT molecular complexity index is 327. The molecule has 0 aliphatic carbocycles. The van der Waals surface area contributed by atoms with E-state index in [9.17, 15) is 9.59 Å². The van der Waals surface area contributed by atoms with Crippen LogP contribution in [0.5, 0.6) is 0 Å². The van der Waals surface area contributed by atoms with E-state index < -0.39 is 0 Å². The minimum atomic E-state index is -0.310. The second-order valence-electron chi connectivity index (χ2n) is 2.66. The Hall–Kier alpha value is -1.16.